The average molecular weight is 214 g/mol. The number of pyridine rings is 1. The highest BCUT2D eigenvalue weighted by Gasteiger charge is 2.21. The number of hydrogen-bond acceptors (Lipinski definition) is 3. The Bertz CT molecular complexity index is 393. The van der Waals surface area contributed by atoms with Gasteiger partial charge in [-0.05, 0) is 32.9 Å². The topological polar surface area (TPSA) is 59.1 Å². The maximum Gasteiger partial charge on any atom is 0.242 e. The summed E-state index contributed by atoms with van der Waals surface area (Å²) in [6, 6.07) is 3.11. The molecule has 0 aliphatic heterocycles. The second-order valence-corrected chi connectivity index (χ2v) is 5.73. The molecule has 0 bridgehead atoms. The number of nitrogens with zero attached hydrogens (tertiary/aromatic N) is 1. The Labute approximate surface area is 84.4 Å². The summed E-state index contributed by atoms with van der Waals surface area (Å²) in [5.41, 5.74) is -0.478. The SMILES string of the molecule is CC(C)(C)NS(=O)(=O)c1cccnc1. The van der Waals surface area contributed by atoms with E-state index in [2.05, 4.69) is 9.71 Å². The first-order chi connectivity index (χ1) is 6.31. The molecule has 0 unspecified atom stereocenters. The van der Waals surface area contributed by atoms with Crippen LogP contribution in [0.1, 0.15) is 20.8 Å². The molecule has 4 nitrogen and oxygen atoms in total. The number of hydrogen-bond donors (Lipinski definition) is 1. The molecule has 0 aliphatic rings. The van der Waals surface area contributed by atoms with Crippen molar-refractivity contribution < 1.29 is 8.42 Å². The minimum Gasteiger partial charge on any atom is -0.263 e. The third kappa shape index (κ3) is 3.08. The summed E-state index contributed by atoms with van der Waals surface area (Å²) in [7, 11) is -3.43. The van der Waals surface area contributed by atoms with Crippen LogP contribution in [0.5, 0.6) is 0 Å². The highest BCUT2D eigenvalue weighted by molar-refractivity contribution is 7.89. The molecule has 14 heavy (non-hydrogen) atoms. The molecule has 0 spiro atoms. The Morgan fingerprint density at radius 2 is 2.00 bits per heavy atom. The maximum atomic E-state index is 11.7. The van der Waals surface area contributed by atoms with Gasteiger partial charge < -0.3 is 0 Å². The van der Waals surface area contributed by atoms with Crippen molar-refractivity contribution >= 4 is 10.0 Å². The van der Waals surface area contributed by atoms with Gasteiger partial charge in [-0.1, -0.05) is 0 Å². The zero-order chi connectivity index (χ0) is 10.8. The fourth-order valence-corrected chi connectivity index (χ4v) is 2.35. The first-order valence-corrected chi connectivity index (χ1v) is 5.74. The summed E-state index contributed by atoms with van der Waals surface area (Å²) < 4.78 is 25.9. The minimum atomic E-state index is -3.43. The second kappa shape index (κ2) is 3.67. The molecule has 0 aliphatic carbocycles. The van der Waals surface area contributed by atoms with E-state index in [-0.39, 0.29) is 4.90 Å². The highest BCUT2D eigenvalue weighted by atomic mass is 32.2. The number of aromatic nitrogens is 1. The van der Waals surface area contributed by atoms with E-state index in [1.165, 1.54) is 18.5 Å². The monoisotopic (exact) mass is 214 g/mol. The zero-order valence-corrected chi connectivity index (χ0v) is 9.30. The van der Waals surface area contributed by atoms with E-state index in [4.69, 9.17) is 0 Å². The Balaban J connectivity index is 2.99. The summed E-state index contributed by atoms with van der Waals surface area (Å²) >= 11 is 0. The molecule has 0 radical (unpaired) electrons. The van der Waals surface area contributed by atoms with Gasteiger partial charge in [0.2, 0.25) is 10.0 Å². The molecule has 1 aromatic rings. The van der Waals surface area contributed by atoms with Crippen molar-refractivity contribution in [3.63, 3.8) is 0 Å². The van der Waals surface area contributed by atoms with Crippen LogP contribution in [0.4, 0.5) is 0 Å². The Morgan fingerprint density at radius 1 is 1.36 bits per heavy atom. The summed E-state index contributed by atoms with van der Waals surface area (Å²) in [5.74, 6) is 0. The van der Waals surface area contributed by atoms with Crippen molar-refractivity contribution in [1.82, 2.24) is 9.71 Å². The fourth-order valence-electron chi connectivity index (χ4n) is 0.968. The third-order valence-corrected chi connectivity index (χ3v) is 3.13. The number of nitrogens with one attached hydrogen (secondary N) is 1. The second-order valence-electron chi connectivity index (χ2n) is 4.04. The van der Waals surface area contributed by atoms with Crippen molar-refractivity contribution in [2.45, 2.75) is 31.2 Å². The summed E-state index contributed by atoms with van der Waals surface area (Å²) in [5, 5.41) is 0. The molecule has 0 fully saturated rings. The first-order valence-electron chi connectivity index (χ1n) is 4.25. The molecule has 1 heterocycles. The zero-order valence-electron chi connectivity index (χ0n) is 8.48. The lowest BCUT2D eigenvalue weighted by atomic mass is 10.1. The van der Waals surface area contributed by atoms with Gasteiger partial charge in [-0.25, -0.2) is 13.1 Å². The van der Waals surface area contributed by atoms with Crippen LogP contribution in [0.15, 0.2) is 29.4 Å². The molecule has 1 aromatic heterocycles. The lowest BCUT2D eigenvalue weighted by Crippen LogP contribution is -2.40. The van der Waals surface area contributed by atoms with Crippen molar-refractivity contribution in [2.24, 2.45) is 0 Å². The summed E-state index contributed by atoms with van der Waals surface area (Å²) in [6.45, 7) is 5.38. The van der Waals surface area contributed by atoms with Crippen LogP contribution in [0, 0.1) is 0 Å². The van der Waals surface area contributed by atoms with Crippen molar-refractivity contribution in [3.8, 4) is 0 Å². The van der Waals surface area contributed by atoms with Gasteiger partial charge in [0.25, 0.3) is 0 Å². The van der Waals surface area contributed by atoms with Crippen molar-refractivity contribution in [1.29, 1.82) is 0 Å². The molecule has 0 saturated carbocycles. The number of rotatable bonds is 2. The van der Waals surface area contributed by atoms with E-state index in [0.717, 1.165) is 0 Å². The van der Waals surface area contributed by atoms with Gasteiger partial charge in [0, 0.05) is 17.9 Å². The van der Waals surface area contributed by atoms with Crippen molar-refractivity contribution in [3.05, 3.63) is 24.5 Å². The van der Waals surface area contributed by atoms with Gasteiger partial charge in [0.15, 0.2) is 0 Å². The van der Waals surface area contributed by atoms with Crippen LogP contribution in [0.3, 0.4) is 0 Å². The van der Waals surface area contributed by atoms with E-state index in [1.807, 2.05) is 0 Å². The predicted molar refractivity (Wildman–Crippen MR) is 54.3 cm³/mol. The van der Waals surface area contributed by atoms with E-state index >= 15 is 0 Å². The van der Waals surface area contributed by atoms with Gasteiger partial charge in [-0.15, -0.1) is 0 Å². The highest BCUT2D eigenvalue weighted by Crippen LogP contribution is 2.10. The Kier molecular flexibility index (Phi) is 2.92. The molecule has 78 valence electrons. The largest absolute Gasteiger partial charge is 0.263 e. The quantitative estimate of drug-likeness (QED) is 0.803. The molecule has 0 amide bonds. The molecule has 0 saturated heterocycles. The van der Waals surface area contributed by atoms with E-state index < -0.39 is 15.6 Å². The van der Waals surface area contributed by atoms with Gasteiger partial charge in [-0.3, -0.25) is 4.98 Å². The van der Waals surface area contributed by atoms with Crippen LogP contribution in [0.25, 0.3) is 0 Å². The fraction of sp³-hybridized carbons (Fsp3) is 0.444. The Hall–Kier alpha value is -0.940. The first kappa shape index (κ1) is 11.1. The smallest absolute Gasteiger partial charge is 0.242 e. The molecule has 5 heteroatoms. The molecular weight excluding hydrogens is 200 g/mol. The van der Waals surface area contributed by atoms with Crippen LogP contribution < -0.4 is 4.72 Å². The maximum absolute atomic E-state index is 11.7. The van der Waals surface area contributed by atoms with Gasteiger partial charge >= 0.3 is 0 Å². The third-order valence-electron chi connectivity index (χ3n) is 1.39. The molecular formula is C9H14N2O2S. The standard InChI is InChI=1S/C9H14N2O2S/c1-9(2,3)11-14(12,13)8-5-4-6-10-7-8/h4-7,11H,1-3H3. The van der Waals surface area contributed by atoms with E-state index in [1.54, 1.807) is 26.8 Å². The summed E-state index contributed by atoms with van der Waals surface area (Å²) in [4.78, 5) is 3.95. The predicted octanol–water partition coefficient (Wildman–Crippen LogP) is 1.16. The summed E-state index contributed by atoms with van der Waals surface area (Å²) in [6.07, 6.45) is 2.87. The minimum absolute atomic E-state index is 0.190. The van der Waals surface area contributed by atoms with Crippen LogP contribution in [0.2, 0.25) is 0 Å². The lowest BCUT2D eigenvalue weighted by Gasteiger charge is -2.19. The van der Waals surface area contributed by atoms with Gasteiger partial charge in [-0.2, -0.15) is 0 Å². The molecule has 1 N–H and O–H groups in total. The normalized spacial score (nSPS) is 12.8. The van der Waals surface area contributed by atoms with Crippen molar-refractivity contribution in [2.75, 3.05) is 0 Å². The Morgan fingerprint density at radius 3 is 2.43 bits per heavy atom. The number of sulfonamides is 1. The van der Waals surface area contributed by atoms with Crippen LogP contribution in [-0.4, -0.2) is 18.9 Å². The molecule has 0 atom stereocenters. The van der Waals surface area contributed by atoms with E-state index in [0.29, 0.717) is 0 Å². The average Bonchev–Trinajstić information content (AvgIpc) is 2.01. The molecule has 1 rings (SSSR count). The molecule has 0 aromatic carbocycles. The van der Waals surface area contributed by atoms with E-state index in [9.17, 15) is 8.42 Å². The van der Waals surface area contributed by atoms with Gasteiger partial charge in [0.1, 0.15) is 4.90 Å². The van der Waals surface area contributed by atoms with Gasteiger partial charge in [0.05, 0.1) is 0 Å². The van der Waals surface area contributed by atoms with Crippen LogP contribution >= 0.6 is 0 Å². The lowest BCUT2D eigenvalue weighted by molar-refractivity contribution is 0.491. The van der Waals surface area contributed by atoms with Crippen LogP contribution in [-0.2, 0) is 10.0 Å².